The fourth-order valence-electron chi connectivity index (χ4n) is 1.43. The summed E-state index contributed by atoms with van der Waals surface area (Å²) >= 11 is 5.80. The Morgan fingerprint density at radius 2 is 1.89 bits per heavy atom. The SMILES string of the molecule is Cc1ccc(C(=N)N)c(Oc2ccc(Cl)cc2)n1. The van der Waals surface area contributed by atoms with Crippen LogP contribution in [0.25, 0.3) is 0 Å². The second-order valence-corrected chi connectivity index (χ2v) is 4.21. The summed E-state index contributed by atoms with van der Waals surface area (Å²) in [5, 5.41) is 8.11. The maximum Gasteiger partial charge on any atom is 0.230 e. The van der Waals surface area contributed by atoms with E-state index in [4.69, 9.17) is 27.5 Å². The van der Waals surface area contributed by atoms with E-state index in [2.05, 4.69) is 4.98 Å². The summed E-state index contributed by atoms with van der Waals surface area (Å²) < 4.78 is 5.62. The number of amidine groups is 1. The lowest BCUT2D eigenvalue weighted by Crippen LogP contribution is -2.13. The zero-order chi connectivity index (χ0) is 13.1. The van der Waals surface area contributed by atoms with E-state index in [0.717, 1.165) is 5.69 Å². The molecule has 0 bridgehead atoms. The predicted molar refractivity (Wildman–Crippen MR) is 71.5 cm³/mol. The van der Waals surface area contributed by atoms with Gasteiger partial charge >= 0.3 is 0 Å². The number of nitrogens with zero attached hydrogens (tertiary/aromatic N) is 1. The summed E-state index contributed by atoms with van der Waals surface area (Å²) in [5.74, 6) is 0.844. The van der Waals surface area contributed by atoms with Crippen molar-refractivity contribution in [2.75, 3.05) is 0 Å². The number of nitrogen functional groups attached to an aromatic ring is 1. The van der Waals surface area contributed by atoms with Gasteiger partial charge in [-0.3, -0.25) is 5.41 Å². The summed E-state index contributed by atoms with van der Waals surface area (Å²) in [6.45, 7) is 1.85. The Hall–Kier alpha value is -2.07. The van der Waals surface area contributed by atoms with Crippen LogP contribution < -0.4 is 10.5 Å². The molecule has 1 heterocycles. The van der Waals surface area contributed by atoms with Gasteiger partial charge in [-0.15, -0.1) is 0 Å². The van der Waals surface area contributed by atoms with Crippen molar-refractivity contribution in [3.05, 3.63) is 52.7 Å². The normalized spacial score (nSPS) is 10.1. The van der Waals surface area contributed by atoms with Crippen LogP contribution in [0.2, 0.25) is 5.02 Å². The summed E-state index contributed by atoms with van der Waals surface area (Å²) in [5.41, 5.74) is 6.75. The molecule has 2 aromatic rings. The van der Waals surface area contributed by atoms with Gasteiger partial charge in [-0.1, -0.05) is 11.6 Å². The summed E-state index contributed by atoms with van der Waals surface area (Å²) in [6, 6.07) is 10.4. The van der Waals surface area contributed by atoms with Gasteiger partial charge in [-0.25, -0.2) is 4.98 Å². The Morgan fingerprint density at radius 1 is 1.22 bits per heavy atom. The number of benzene rings is 1. The smallest absolute Gasteiger partial charge is 0.230 e. The van der Waals surface area contributed by atoms with Crippen molar-refractivity contribution in [3.8, 4) is 11.6 Å². The van der Waals surface area contributed by atoms with E-state index < -0.39 is 0 Å². The van der Waals surface area contributed by atoms with Gasteiger partial charge in [-0.05, 0) is 43.3 Å². The number of aromatic nitrogens is 1. The first kappa shape index (κ1) is 12.4. The fraction of sp³-hybridized carbons (Fsp3) is 0.0769. The molecule has 0 radical (unpaired) electrons. The van der Waals surface area contributed by atoms with Crippen molar-refractivity contribution >= 4 is 17.4 Å². The van der Waals surface area contributed by atoms with Crippen molar-refractivity contribution in [2.45, 2.75) is 6.92 Å². The summed E-state index contributed by atoms with van der Waals surface area (Å²) in [6.07, 6.45) is 0. The maximum absolute atomic E-state index is 7.48. The third-order valence-corrected chi connectivity index (χ3v) is 2.57. The number of halogens is 1. The number of aryl methyl sites for hydroxylation is 1. The fourth-order valence-corrected chi connectivity index (χ4v) is 1.56. The standard InChI is InChI=1S/C13H12ClN3O/c1-8-2-7-11(12(15)16)13(17-8)18-10-5-3-9(14)4-6-10/h2-7H,1H3,(H3,15,16). The van der Waals surface area contributed by atoms with E-state index in [1.165, 1.54) is 0 Å². The van der Waals surface area contributed by atoms with Crippen molar-refractivity contribution in [3.63, 3.8) is 0 Å². The quantitative estimate of drug-likeness (QED) is 0.659. The Balaban J connectivity index is 2.35. The minimum atomic E-state index is -0.0773. The molecule has 3 N–H and O–H groups in total. The van der Waals surface area contributed by atoms with Gasteiger partial charge in [0.25, 0.3) is 0 Å². The maximum atomic E-state index is 7.48. The molecule has 0 amide bonds. The molecule has 0 fully saturated rings. The first-order valence-corrected chi connectivity index (χ1v) is 5.69. The first-order valence-electron chi connectivity index (χ1n) is 5.32. The van der Waals surface area contributed by atoms with Crippen LogP contribution in [0.4, 0.5) is 0 Å². The Labute approximate surface area is 110 Å². The van der Waals surface area contributed by atoms with Crippen LogP contribution in [-0.2, 0) is 0 Å². The van der Waals surface area contributed by atoms with E-state index in [9.17, 15) is 0 Å². The molecule has 0 saturated carbocycles. The van der Waals surface area contributed by atoms with E-state index in [0.29, 0.717) is 22.2 Å². The Kier molecular flexibility index (Phi) is 3.48. The van der Waals surface area contributed by atoms with Gasteiger partial charge in [-0.2, -0.15) is 0 Å². The van der Waals surface area contributed by atoms with Gasteiger partial charge in [0.1, 0.15) is 11.6 Å². The van der Waals surface area contributed by atoms with Gasteiger partial charge in [0.2, 0.25) is 5.88 Å². The van der Waals surface area contributed by atoms with E-state index in [-0.39, 0.29) is 5.84 Å². The molecule has 0 aliphatic heterocycles. The lowest BCUT2D eigenvalue weighted by Gasteiger charge is -2.09. The van der Waals surface area contributed by atoms with Gasteiger partial charge in [0, 0.05) is 10.7 Å². The number of hydrogen-bond acceptors (Lipinski definition) is 3. The second kappa shape index (κ2) is 5.06. The van der Waals surface area contributed by atoms with Crippen LogP contribution in [0.3, 0.4) is 0 Å². The topological polar surface area (TPSA) is 72.0 Å². The van der Waals surface area contributed by atoms with Crippen molar-refractivity contribution < 1.29 is 4.74 Å². The number of rotatable bonds is 3. The largest absolute Gasteiger partial charge is 0.438 e. The van der Waals surface area contributed by atoms with Crippen molar-refractivity contribution in [1.82, 2.24) is 4.98 Å². The third kappa shape index (κ3) is 2.78. The van der Waals surface area contributed by atoms with Crippen LogP contribution in [0.5, 0.6) is 11.6 Å². The molecule has 5 heteroatoms. The van der Waals surface area contributed by atoms with Gasteiger partial charge in [0.05, 0.1) is 5.56 Å². The number of hydrogen-bond donors (Lipinski definition) is 2. The molecular weight excluding hydrogens is 250 g/mol. The molecule has 18 heavy (non-hydrogen) atoms. The number of pyridine rings is 1. The monoisotopic (exact) mass is 261 g/mol. The van der Waals surface area contributed by atoms with Gasteiger partial charge < -0.3 is 10.5 Å². The summed E-state index contributed by atoms with van der Waals surface area (Å²) in [4.78, 5) is 4.24. The van der Waals surface area contributed by atoms with Crippen LogP contribution >= 0.6 is 11.6 Å². The molecular formula is C13H12ClN3O. The minimum absolute atomic E-state index is 0.0773. The average molecular weight is 262 g/mol. The zero-order valence-corrected chi connectivity index (χ0v) is 10.5. The van der Waals surface area contributed by atoms with Crippen molar-refractivity contribution in [1.29, 1.82) is 5.41 Å². The van der Waals surface area contributed by atoms with E-state index in [1.807, 2.05) is 6.92 Å². The molecule has 2 rings (SSSR count). The zero-order valence-electron chi connectivity index (χ0n) is 9.77. The molecule has 4 nitrogen and oxygen atoms in total. The van der Waals surface area contributed by atoms with E-state index in [1.54, 1.807) is 36.4 Å². The van der Waals surface area contributed by atoms with Crippen LogP contribution in [0.1, 0.15) is 11.3 Å². The first-order chi connectivity index (χ1) is 8.56. The number of ether oxygens (including phenoxy) is 1. The van der Waals surface area contributed by atoms with E-state index >= 15 is 0 Å². The second-order valence-electron chi connectivity index (χ2n) is 3.78. The predicted octanol–water partition coefficient (Wildman–Crippen LogP) is 3.12. The molecule has 0 spiro atoms. The highest BCUT2D eigenvalue weighted by Crippen LogP contribution is 2.24. The van der Waals surface area contributed by atoms with Gasteiger partial charge in [0.15, 0.2) is 0 Å². The third-order valence-electron chi connectivity index (χ3n) is 2.32. The van der Waals surface area contributed by atoms with Crippen LogP contribution in [0.15, 0.2) is 36.4 Å². The highest BCUT2D eigenvalue weighted by Gasteiger charge is 2.09. The van der Waals surface area contributed by atoms with Crippen molar-refractivity contribution in [2.24, 2.45) is 5.73 Å². The number of nitrogens with two attached hydrogens (primary N) is 1. The summed E-state index contributed by atoms with van der Waals surface area (Å²) in [7, 11) is 0. The lowest BCUT2D eigenvalue weighted by atomic mass is 10.2. The molecule has 0 atom stereocenters. The van der Waals surface area contributed by atoms with Crippen LogP contribution in [0, 0.1) is 12.3 Å². The molecule has 0 saturated heterocycles. The average Bonchev–Trinajstić information content (AvgIpc) is 2.32. The highest BCUT2D eigenvalue weighted by atomic mass is 35.5. The molecule has 0 aliphatic rings. The molecule has 0 aliphatic carbocycles. The molecule has 1 aromatic carbocycles. The Morgan fingerprint density at radius 3 is 2.50 bits per heavy atom. The van der Waals surface area contributed by atoms with Crippen LogP contribution in [-0.4, -0.2) is 10.8 Å². The molecule has 92 valence electrons. The molecule has 1 aromatic heterocycles. The lowest BCUT2D eigenvalue weighted by molar-refractivity contribution is 0.460. The minimum Gasteiger partial charge on any atom is -0.438 e. The molecule has 0 unspecified atom stereocenters. The highest BCUT2D eigenvalue weighted by molar-refractivity contribution is 6.30. The Bertz CT molecular complexity index is 581. The number of nitrogens with one attached hydrogen (secondary N) is 1.